The van der Waals surface area contributed by atoms with Crippen molar-refractivity contribution in [1.29, 1.82) is 0 Å². The van der Waals surface area contributed by atoms with Crippen LogP contribution < -0.4 is 0 Å². The first-order valence-electron chi connectivity index (χ1n) is 3.77. The molecule has 0 bridgehead atoms. The second kappa shape index (κ2) is 4.71. The van der Waals surface area contributed by atoms with E-state index in [0.717, 1.165) is 6.92 Å². The highest BCUT2D eigenvalue weighted by Gasteiger charge is 2.59. The number of hydrogen-bond acceptors (Lipinski definition) is 3. The second-order valence-corrected chi connectivity index (χ2v) is 2.83. The third kappa shape index (κ3) is 4.99. The van der Waals surface area contributed by atoms with E-state index in [1.807, 2.05) is 0 Å². The fourth-order valence-electron chi connectivity index (χ4n) is 0.696. The number of esters is 1. The molecule has 0 heterocycles. The van der Waals surface area contributed by atoms with Gasteiger partial charge in [-0.15, -0.1) is 0 Å². The van der Waals surface area contributed by atoms with Gasteiger partial charge in [0, 0.05) is 0 Å². The molecule has 0 amide bonds. The molecule has 0 aromatic heterocycles. The lowest BCUT2D eigenvalue weighted by Crippen LogP contribution is -2.45. The van der Waals surface area contributed by atoms with Gasteiger partial charge in [-0.05, 0) is 6.92 Å². The molecule has 0 saturated carbocycles. The van der Waals surface area contributed by atoms with Crippen LogP contribution in [0.4, 0.5) is 26.3 Å². The summed E-state index contributed by atoms with van der Waals surface area (Å²) in [6.07, 6.45) is -16.9. The fourth-order valence-corrected chi connectivity index (χ4v) is 0.696. The SMILES string of the molecule is CC(=O)CC(=O)OC(C(F)(F)F)C(F)(F)F. The van der Waals surface area contributed by atoms with Crippen molar-refractivity contribution in [2.75, 3.05) is 0 Å². The van der Waals surface area contributed by atoms with Gasteiger partial charge in [0.15, 0.2) is 0 Å². The van der Waals surface area contributed by atoms with Crippen LogP contribution in [0.5, 0.6) is 0 Å². The van der Waals surface area contributed by atoms with Gasteiger partial charge in [-0.25, -0.2) is 0 Å². The van der Waals surface area contributed by atoms with Crippen LogP contribution in [0, 0.1) is 0 Å². The minimum absolute atomic E-state index is 0.831. The molecule has 0 atom stereocenters. The molecule has 0 unspecified atom stereocenters. The van der Waals surface area contributed by atoms with Gasteiger partial charge in [0.05, 0.1) is 0 Å². The molecule has 16 heavy (non-hydrogen) atoms. The van der Waals surface area contributed by atoms with Gasteiger partial charge in [0.1, 0.15) is 12.2 Å². The first-order valence-corrected chi connectivity index (χ1v) is 3.77. The highest BCUT2D eigenvalue weighted by molar-refractivity contribution is 5.94. The topological polar surface area (TPSA) is 43.4 Å². The molecule has 0 radical (unpaired) electrons. The quantitative estimate of drug-likeness (QED) is 0.438. The zero-order valence-electron chi connectivity index (χ0n) is 7.78. The Balaban J connectivity index is 4.71. The summed E-state index contributed by atoms with van der Waals surface area (Å²) >= 11 is 0. The van der Waals surface area contributed by atoms with E-state index in [0.29, 0.717) is 0 Å². The number of hydrogen-bond donors (Lipinski definition) is 0. The molecule has 0 saturated heterocycles. The Bertz CT molecular complexity index is 265. The molecule has 0 rings (SSSR count). The molecule has 0 aliphatic heterocycles. The first kappa shape index (κ1) is 14.7. The lowest BCUT2D eigenvalue weighted by molar-refractivity contribution is -0.313. The van der Waals surface area contributed by atoms with Crippen LogP contribution in [-0.2, 0) is 14.3 Å². The van der Waals surface area contributed by atoms with Crippen molar-refractivity contribution in [1.82, 2.24) is 0 Å². The predicted molar refractivity (Wildman–Crippen MR) is 37.3 cm³/mol. The van der Waals surface area contributed by atoms with Gasteiger partial charge in [-0.2, -0.15) is 26.3 Å². The number of alkyl halides is 6. The van der Waals surface area contributed by atoms with Crippen LogP contribution in [0.2, 0.25) is 0 Å². The summed E-state index contributed by atoms with van der Waals surface area (Å²) in [5.74, 6) is -2.76. The Morgan fingerprint density at radius 1 is 1.06 bits per heavy atom. The summed E-state index contributed by atoms with van der Waals surface area (Å²) < 4.78 is 74.2. The number of carbonyl (C=O) groups excluding carboxylic acids is 2. The monoisotopic (exact) mass is 252 g/mol. The van der Waals surface area contributed by atoms with E-state index < -0.39 is 36.6 Å². The number of ether oxygens (including phenoxy) is 1. The molecule has 0 aromatic carbocycles. The van der Waals surface area contributed by atoms with E-state index >= 15 is 0 Å². The average Bonchev–Trinajstić information content (AvgIpc) is 1.94. The van der Waals surface area contributed by atoms with E-state index in [9.17, 15) is 35.9 Å². The van der Waals surface area contributed by atoms with Crippen molar-refractivity contribution in [3.63, 3.8) is 0 Å². The number of ketones is 1. The lowest BCUT2D eigenvalue weighted by Gasteiger charge is -2.22. The first-order chi connectivity index (χ1) is 6.94. The fraction of sp³-hybridized carbons (Fsp3) is 0.714. The van der Waals surface area contributed by atoms with Crippen LogP contribution in [0.3, 0.4) is 0 Å². The van der Waals surface area contributed by atoms with E-state index in [1.165, 1.54) is 0 Å². The van der Waals surface area contributed by atoms with Crippen molar-refractivity contribution < 1.29 is 40.7 Å². The summed E-state index contributed by atoms with van der Waals surface area (Å²) in [5.41, 5.74) is 0. The highest BCUT2D eigenvalue weighted by atomic mass is 19.4. The molecule has 0 spiro atoms. The van der Waals surface area contributed by atoms with Crippen LogP contribution >= 0.6 is 0 Å². The molecular formula is C7H6F6O3. The summed E-state index contributed by atoms with van der Waals surface area (Å²) in [5, 5.41) is 0. The smallest absolute Gasteiger partial charge is 0.434 e. The molecule has 9 heteroatoms. The zero-order chi connectivity index (χ0) is 13.1. The van der Waals surface area contributed by atoms with Crippen molar-refractivity contribution in [3.8, 4) is 0 Å². The lowest BCUT2D eigenvalue weighted by atomic mass is 10.3. The number of halogens is 6. The van der Waals surface area contributed by atoms with Crippen LogP contribution in [0.15, 0.2) is 0 Å². The Hall–Kier alpha value is -1.28. The summed E-state index contributed by atoms with van der Waals surface area (Å²) in [6.45, 7) is 0.831. The maximum atomic E-state index is 11.8. The second-order valence-electron chi connectivity index (χ2n) is 2.83. The minimum Gasteiger partial charge on any atom is -0.442 e. The van der Waals surface area contributed by atoms with Crippen molar-refractivity contribution >= 4 is 11.8 Å². The Morgan fingerprint density at radius 3 is 1.69 bits per heavy atom. The van der Waals surface area contributed by atoms with Crippen molar-refractivity contribution in [2.24, 2.45) is 0 Å². The maximum Gasteiger partial charge on any atom is 0.434 e. The van der Waals surface area contributed by atoms with Gasteiger partial charge in [0.25, 0.3) is 6.10 Å². The van der Waals surface area contributed by atoms with Crippen LogP contribution in [-0.4, -0.2) is 30.2 Å². The predicted octanol–water partition coefficient (Wildman–Crippen LogP) is 2.00. The van der Waals surface area contributed by atoms with E-state index in [-0.39, 0.29) is 0 Å². The number of Topliss-reactive ketones (excluding diaryl/α,β-unsaturated/α-hetero) is 1. The van der Waals surface area contributed by atoms with Crippen molar-refractivity contribution in [3.05, 3.63) is 0 Å². The summed E-state index contributed by atoms with van der Waals surface area (Å²) in [7, 11) is 0. The van der Waals surface area contributed by atoms with Gasteiger partial charge in [-0.3, -0.25) is 9.59 Å². The highest BCUT2D eigenvalue weighted by Crippen LogP contribution is 2.35. The maximum absolute atomic E-state index is 11.8. The molecule has 0 aliphatic carbocycles. The zero-order valence-corrected chi connectivity index (χ0v) is 7.78. The molecule has 94 valence electrons. The summed E-state index contributed by atoms with van der Waals surface area (Å²) in [4.78, 5) is 20.8. The van der Waals surface area contributed by atoms with Gasteiger partial charge < -0.3 is 4.74 Å². The van der Waals surface area contributed by atoms with Gasteiger partial charge >= 0.3 is 18.3 Å². The van der Waals surface area contributed by atoms with E-state index in [4.69, 9.17) is 0 Å². The average molecular weight is 252 g/mol. The third-order valence-corrected chi connectivity index (χ3v) is 1.24. The molecule has 0 aliphatic rings. The third-order valence-electron chi connectivity index (χ3n) is 1.24. The summed E-state index contributed by atoms with van der Waals surface area (Å²) in [6, 6.07) is 0. The normalized spacial score (nSPS) is 12.8. The van der Waals surface area contributed by atoms with Crippen LogP contribution in [0.25, 0.3) is 0 Å². The Morgan fingerprint density at radius 2 is 1.44 bits per heavy atom. The number of rotatable bonds is 3. The van der Waals surface area contributed by atoms with Crippen LogP contribution in [0.1, 0.15) is 13.3 Å². The minimum atomic E-state index is -5.76. The molecule has 0 aromatic rings. The standard InChI is InChI=1S/C7H6F6O3/c1-3(14)2-4(15)16-5(6(8,9)10)7(11,12)13/h5H,2H2,1H3. The Kier molecular flexibility index (Phi) is 4.33. The molecule has 0 N–H and O–H groups in total. The van der Waals surface area contributed by atoms with Gasteiger partial charge in [-0.1, -0.05) is 0 Å². The Labute approximate surface area is 85.4 Å². The molecule has 0 fully saturated rings. The van der Waals surface area contributed by atoms with E-state index in [1.54, 1.807) is 0 Å². The number of carbonyl (C=O) groups is 2. The van der Waals surface area contributed by atoms with E-state index in [2.05, 4.69) is 4.74 Å². The molecule has 3 nitrogen and oxygen atoms in total. The molecular weight excluding hydrogens is 246 g/mol. The largest absolute Gasteiger partial charge is 0.442 e. The van der Waals surface area contributed by atoms with Crippen molar-refractivity contribution in [2.45, 2.75) is 31.8 Å². The van der Waals surface area contributed by atoms with Gasteiger partial charge in [0.2, 0.25) is 0 Å².